The second-order valence-corrected chi connectivity index (χ2v) is 6.79. The van der Waals surface area contributed by atoms with Crippen molar-refractivity contribution < 1.29 is 4.74 Å². The van der Waals surface area contributed by atoms with Crippen molar-refractivity contribution in [3.63, 3.8) is 0 Å². The smallest absolute Gasteiger partial charge is 0.0682 e. The van der Waals surface area contributed by atoms with E-state index in [4.69, 9.17) is 4.74 Å². The van der Waals surface area contributed by atoms with E-state index in [1.54, 1.807) is 5.57 Å². The summed E-state index contributed by atoms with van der Waals surface area (Å²) in [5.41, 5.74) is 3.55. The predicted molar refractivity (Wildman–Crippen MR) is 87.0 cm³/mol. The lowest BCUT2D eigenvalue weighted by molar-refractivity contribution is 0.131. The number of hydrogen-bond acceptors (Lipinski definition) is 1. The predicted octanol–water partition coefficient (Wildman–Crippen LogP) is 5.89. The van der Waals surface area contributed by atoms with Gasteiger partial charge in [0.05, 0.1) is 13.2 Å². The van der Waals surface area contributed by atoms with Gasteiger partial charge >= 0.3 is 0 Å². The molecule has 20 heavy (non-hydrogen) atoms. The Kier molecular flexibility index (Phi) is 7.13. The molecular weight excluding hydrogens is 244 g/mol. The van der Waals surface area contributed by atoms with Crippen LogP contribution in [0.5, 0.6) is 0 Å². The SMILES string of the molecule is CCCC1CCCCCCCC(CC)C2=C1COCC2. The summed E-state index contributed by atoms with van der Waals surface area (Å²) in [6, 6.07) is 0. The van der Waals surface area contributed by atoms with Crippen molar-refractivity contribution >= 4 is 0 Å². The quantitative estimate of drug-likeness (QED) is 0.585. The van der Waals surface area contributed by atoms with Crippen LogP contribution in [-0.4, -0.2) is 13.2 Å². The summed E-state index contributed by atoms with van der Waals surface area (Å²) in [5.74, 6) is 1.67. The molecule has 116 valence electrons. The third-order valence-corrected chi connectivity index (χ3v) is 5.41. The molecule has 0 radical (unpaired) electrons. The highest BCUT2D eigenvalue weighted by Crippen LogP contribution is 2.37. The Balaban J connectivity index is 2.22. The highest BCUT2D eigenvalue weighted by Gasteiger charge is 2.25. The summed E-state index contributed by atoms with van der Waals surface area (Å²) in [4.78, 5) is 0. The monoisotopic (exact) mass is 278 g/mol. The van der Waals surface area contributed by atoms with Gasteiger partial charge < -0.3 is 4.74 Å². The summed E-state index contributed by atoms with van der Waals surface area (Å²) >= 11 is 0. The maximum absolute atomic E-state index is 5.85. The molecule has 1 heteroatoms. The van der Waals surface area contributed by atoms with Gasteiger partial charge in [-0.3, -0.25) is 0 Å². The standard InChI is InChI=1S/C19H34O/c1-3-10-17-12-9-7-5-6-8-11-16(4-2)18-13-14-20-15-19(17)18/h16-17H,3-15H2,1-2H3. The summed E-state index contributed by atoms with van der Waals surface area (Å²) in [6.07, 6.45) is 15.3. The number of rotatable bonds is 3. The molecule has 1 heterocycles. The maximum atomic E-state index is 5.85. The largest absolute Gasteiger partial charge is 0.377 e. The minimum Gasteiger partial charge on any atom is -0.377 e. The van der Waals surface area contributed by atoms with Crippen molar-refractivity contribution in [3.05, 3.63) is 11.1 Å². The van der Waals surface area contributed by atoms with Crippen LogP contribution in [0.1, 0.15) is 84.5 Å². The minimum atomic E-state index is 0.822. The van der Waals surface area contributed by atoms with Crippen LogP contribution in [0, 0.1) is 11.8 Å². The van der Waals surface area contributed by atoms with Gasteiger partial charge in [0.1, 0.15) is 0 Å². The van der Waals surface area contributed by atoms with Gasteiger partial charge in [-0.15, -0.1) is 0 Å². The molecular formula is C19H34O. The normalized spacial score (nSPS) is 29.7. The van der Waals surface area contributed by atoms with E-state index in [2.05, 4.69) is 13.8 Å². The molecule has 0 amide bonds. The average Bonchev–Trinajstić information content (AvgIpc) is 2.52. The molecule has 0 saturated carbocycles. The highest BCUT2D eigenvalue weighted by atomic mass is 16.5. The van der Waals surface area contributed by atoms with Gasteiger partial charge in [0.25, 0.3) is 0 Å². The second-order valence-electron chi connectivity index (χ2n) is 6.79. The fourth-order valence-electron chi connectivity index (χ4n) is 4.24. The van der Waals surface area contributed by atoms with E-state index < -0.39 is 0 Å². The zero-order chi connectivity index (χ0) is 14.2. The Morgan fingerprint density at radius 3 is 2.30 bits per heavy atom. The highest BCUT2D eigenvalue weighted by molar-refractivity contribution is 5.22. The van der Waals surface area contributed by atoms with Crippen molar-refractivity contribution in [1.29, 1.82) is 0 Å². The van der Waals surface area contributed by atoms with Gasteiger partial charge in [0.2, 0.25) is 0 Å². The first-order valence-electron chi connectivity index (χ1n) is 9.16. The van der Waals surface area contributed by atoms with E-state index in [1.165, 1.54) is 70.6 Å². The molecule has 0 saturated heterocycles. The molecule has 0 spiro atoms. The van der Waals surface area contributed by atoms with Gasteiger partial charge in [0.15, 0.2) is 0 Å². The molecule has 2 rings (SSSR count). The molecule has 1 aliphatic heterocycles. The van der Waals surface area contributed by atoms with E-state index in [0.717, 1.165) is 25.0 Å². The molecule has 1 aliphatic carbocycles. The average molecular weight is 278 g/mol. The van der Waals surface area contributed by atoms with Crippen LogP contribution in [0.2, 0.25) is 0 Å². The summed E-state index contributed by atoms with van der Waals surface area (Å²) < 4.78 is 5.85. The Bertz CT molecular complexity index is 305. The lowest BCUT2D eigenvalue weighted by Crippen LogP contribution is -2.22. The Labute approximate surface area is 126 Å². The molecule has 0 N–H and O–H groups in total. The number of ether oxygens (including phenoxy) is 1. The van der Waals surface area contributed by atoms with Gasteiger partial charge in [-0.25, -0.2) is 0 Å². The van der Waals surface area contributed by atoms with E-state index >= 15 is 0 Å². The third kappa shape index (κ3) is 4.35. The molecule has 2 unspecified atom stereocenters. The summed E-state index contributed by atoms with van der Waals surface area (Å²) in [7, 11) is 0. The fraction of sp³-hybridized carbons (Fsp3) is 0.895. The first-order chi connectivity index (χ1) is 9.86. The van der Waals surface area contributed by atoms with Crippen LogP contribution in [0.3, 0.4) is 0 Å². The summed E-state index contributed by atoms with van der Waals surface area (Å²) in [5, 5.41) is 0. The van der Waals surface area contributed by atoms with Gasteiger partial charge in [-0.1, -0.05) is 57.9 Å². The van der Waals surface area contributed by atoms with E-state index in [0.29, 0.717) is 0 Å². The fourth-order valence-corrected chi connectivity index (χ4v) is 4.24. The maximum Gasteiger partial charge on any atom is 0.0682 e. The Morgan fingerprint density at radius 1 is 0.900 bits per heavy atom. The molecule has 1 nitrogen and oxygen atoms in total. The molecule has 0 aromatic heterocycles. The molecule has 2 aliphatic rings. The van der Waals surface area contributed by atoms with E-state index in [-0.39, 0.29) is 0 Å². The first-order valence-corrected chi connectivity index (χ1v) is 9.16. The molecule has 2 atom stereocenters. The van der Waals surface area contributed by atoms with Crippen LogP contribution in [-0.2, 0) is 4.74 Å². The first kappa shape index (κ1) is 16.1. The van der Waals surface area contributed by atoms with Crippen molar-refractivity contribution in [2.24, 2.45) is 11.8 Å². The van der Waals surface area contributed by atoms with Crippen molar-refractivity contribution in [3.8, 4) is 0 Å². The van der Waals surface area contributed by atoms with Crippen LogP contribution < -0.4 is 0 Å². The van der Waals surface area contributed by atoms with Gasteiger partial charge in [0, 0.05) is 0 Å². The van der Waals surface area contributed by atoms with Gasteiger partial charge in [-0.05, 0) is 49.5 Å². The van der Waals surface area contributed by atoms with Crippen molar-refractivity contribution in [1.82, 2.24) is 0 Å². The zero-order valence-electron chi connectivity index (χ0n) is 13.8. The lowest BCUT2D eigenvalue weighted by atomic mass is 9.79. The molecule has 0 fully saturated rings. The topological polar surface area (TPSA) is 9.23 Å². The van der Waals surface area contributed by atoms with Crippen LogP contribution in [0.25, 0.3) is 0 Å². The third-order valence-electron chi connectivity index (χ3n) is 5.41. The Morgan fingerprint density at radius 2 is 1.60 bits per heavy atom. The molecule has 0 aromatic rings. The minimum absolute atomic E-state index is 0.822. The zero-order valence-corrected chi connectivity index (χ0v) is 13.8. The molecule has 0 aromatic carbocycles. The second kappa shape index (κ2) is 8.87. The van der Waals surface area contributed by atoms with Gasteiger partial charge in [-0.2, -0.15) is 0 Å². The lowest BCUT2D eigenvalue weighted by Gasteiger charge is -2.31. The molecule has 0 bridgehead atoms. The number of hydrogen-bond donors (Lipinski definition) is 0. The van der Waals surface area contributed by atoms with Crippen LogP contribution in [0.15, 0.2) is 11.1 Å². The van der Waals surface area contributed by atoms with E-state index in [9.17, 15) is 0 Å². The van der Waals surface area contributed by atoms with Crippen molar-refractivity contribution in [2.45, 2.75) is 84.5 Å². The van der Waals surface area contributed by atoms with E-state index in [1.807, 2.05) is 5.57 Å². The summed E-state index contributed by atoms with van der Waals surface area (Å²) in [6.45, 7) is 6.64. The van der Waals surface area contributed by atoms with Crippen LogP contribution in [0.4, 0.5) is 0 Å². The van der Waals surface area contributed by atoms with Crippen LogP contribution >= 0.6 is 0 Å². The Hall–Kier alpha value is -0.300. The van der Waals surface area contributed by atoms with Crippen molar-refractivity contribution in [2.75, 3.05) is 13.2 Å².